The number of Topliss-reactive ketones (excluding diaryl/α,β-unsaturated/α-hetero) is 1. The van der Waals surface area contributed by atoms with Crippen LogP contribution in [0.2, 0.25) is 0 Å². The number of methoxy groups -OCH3 is 1. The van der Waals surface area contributed by atoms with Crippen LogP contribution < -0.4 is 11.1 Å². The van der Waals surface area contributed by atoms with Crippen molar-refractivity contribution in [2.45, 2.75) is 38.3 Å². The Kier molecular flexibility index (Phi) is 8.75. The number of carbonyl (C=O) groups is 3. The van der Waals surface area contributed by atoms with E-state index in [1.165, 1.54) is 7.11 Å². The molecule has 0 saturated carbocycles. The molecule has 0 aliphatic carbocycles. The Balaban J connectivity index is 2.73. The third-order valence-electron chi connectivity index (χ3n) is 3.58. The van der Waals surface area contributed by atoms with Gasteiger partial charge in [-0.1, -0.05) is 6.92 Å². The molecule has 0 aromatic carbocycles. The maximum Gasteiger partial charge on any atom is 0.330 e. The predicted octanol–water partition coefficient (Wildman–Crippen LogP) is -0.606. The van der Waals surface area contributed by atoms with Gasteiger partial charge < -0.3 is 25.3 Å². The second-order valence-corrected chi connectivity index (χ2v) is 5.62. The van der Waals surface area contributed by atoms with Gasteiger partial charge in [0.15, 0.2) is 11.8 Å². The van der Waals surface area contributed by atoms with E-state index in [1.807, 2.05) is 0 Å². The summed E-state index contributed by atoms with van der Waals surface area (Å²) in [4.78, 5) is 35.8. The third kappa shape index (κ3) is 7.06. The van der Waals surface area contributed by atoms with Gasteiger partial charge in [-0.3, -0.25) is 9.59 Å². The van der Waals surface area contributed by atoms with Crippen molar-refractivity contribution in [3.05, 3.63) is 0 Å². The van der Waals surface area contributed by atoms with E-state index in [9.17, 15) is 14.4 Å². The lowest BCUT2D eigenvalue weighted by Crippen LogP contribution is -2.47. The van der Waals surface area contributed by atoms with Gasteiger partial charge >= 0.3 is 5.97 Å². The molecule has 1 saturated heterocycles. The number of hydrogen-bond acceptors (Lipinski definition) is 7. The van der Waals surface area contributed by atoms with Crippen LogP contribution in [-0.4, -0.2) is 63.3 Å². The Labute approximate surface area is 136 Å². The standard InChI is InChI=1S/C15H26N2O6/c1-10-7-13(18)11(16)8-22-5-3-4-6-23-9-12(15(20)21-2)17-14(10)19/h10-12H,3-9,16H2,1-2H3,(H,17,19)/t10-,11+,12+/m1/s1. The highest BCUT2D eigenvalue weighted by Gasteiger charge is 2.27. The second kappa shape index (κ2) is 10.3. The summed E-state index contributed by atoms with van der Waals surface area (Å²) >= 11 is 0. The summed E-state index contributed by atoms with van der Waals surface area (Å²) in [6.45, 7) is 2.69. The van der Waals surface area contributed by atoms with Crippen LogP contribution in [0.5, 0.6) is 0 Å². The van der Waals surface area contributed by atoms with E-state index in [4.69, 9.17) is 15.2 Å². The molecule has 0 aromatic rings. The maximum atomic E-state index is 12.1. The van der Waals surface area contributed by atoms with E-state index in [1.54, 1.807) is 6.92 Å². The number of esters is 1. The minimum atomic E-state index is -0.889. The first-order valence-electron chi connectivity index (χ1n) is 7.77. The summed E-state index contributed by atoms with van der Waals surface area (Å²) in [5.41, 5.74) is 5.76. The lowest BCUT2D eigenvalue weighted by atomic mass is 9.99. The van der Waals surface area contributed by atoms with E-state index >= 15 is 0 Å². The minimum absolute atomic E-state index is 0.00882. The van der Waals surface area contributed by atoms with E-state index < -0.39 is 29.9 Å². The number of ketones is 1. The number of amides is 1. The summed E-state index contributed by atoms with van der Waals surface area (Å²) in [5, 5.41) is 2.56. The lowest BCUT2D eigenvalue weighted by molar-refractivity contribution is -0.147. The molecule has 1 amide bonds. The summed E-state index contributed by atoms with van der Waals surface area (Å²) < 4.78 is 15.4. The van der Waals surface area contributed by atoms with Crippen molar-refractivity contribution in [3.63, 3.8) is 0 Å². The summed E-state index contributed by atoms with van der Waals surface area (Å²) in [5.74, 6) is -1.85. The molecule has 8 heteroatoms. The lowest BCUT2D eigenvalue weighted by Gasteiger charge is -2.19. The second-order valence-electron chi connectivity index (χ2n) is 5.62. The Morgan fingerprint density at radius 2 is 1.83 bits per heavy atom. The average molecular weight is 330 g/mol. The molecule has 8 nitrogen and oxygen atoms in total. The largest absolute Gasteiger partial charge is 0.467 e. The highest BCUT2D eigenvalue weighted by atomic mass is 16.5. The van der Waals surface area contributed by atoms with Crippen LogP contribution in [0.1, 0.15) is 26.2 Å². The van der Waals surface area contributed by atoms with Crippen LogP contribution in [-0.2, 0) is 28.6 Å². The van der Waals surface area contributed by atoms with Gasteiger partial charge in [-0.2, -0.15) is 0 Å². The van der Waals surface area contributed by atoms with Crippen molar-refractivity contribution < 1.29 is 28.6 Å². The third-order valence-corrected chi connectivity index (χ3v) is 3.58. The van der Waals surface area contributed by atoms with Gasteiger partial charge in [-0.15, -0.1) is 0 Å². The zero-order chi connectivity index (χ0) is 17.2. The molecule has 3 N–H and O–H groups in total. The van der Waals surface area contributed by atoms with Crippen molar-refractivity contribution in [1.29, 1.82) is 0 Å². The molecule has 0 unspecified atom stereocenters. The zero-order valence-electron chi connectivity index (χ0n) is 13.7. The quantitative estimate of drug-likeness (QED) is 0.616. The SMILES string of the molecule is COC(=O)[C@@H]1COCCCCOC[C@H](N)C(=O)C[C@@H](C)C(=O)N1. The van der Waals surface area contributed by atoms with Crippen LogP contribution >= 0.6 is 0 Å². The van der Waals surface area contributed by atoms with Crippen molar-refractivity contribution in [2.24, 2.45) is 11.7 Å². The molecule has 0 bridgehead atoms. The zero-order valence-corrected chi connectivity index (χ0v) is 13.7. The van der Waals surface area contributed by atoms with E-state index in [0.29, 0.717) is 13.2 Å². The van der Waals surface area contributed by atoms with Crippen molar-refractivity contribution in [3.8, 4) is 0 Å². The fourth-order valence-corrected chi connectivity index (χ4v) is 2.08. The maximum absolute atomic E-state index is 12.1. The molecule has 1 heterocycles. The molecule has 0 spiro atoms. The molecule has 1 fully saturated rings. The van der Waals surface area contributed by atoms with Crippen LogP contribution in [0.3, 0.4) is 0 Å². The summed E-state index contributed by atoms with van der Waals surface area (Å²) in [6, 6.07) is -1.64. The minimum Gasteiger partial charge on any atom is -0.467 e. The molecule has 23 heavy (non-hydrogen) atoms. The Hall–Kier alpha value is -1.51. The van der Waals surface area contributed by atoms with E-state index in [-0.39, 0.29) is 25.4 Å². The van der Waals surface area contributed by atoms with Gasteiger partial charge in [-0.05, 0) is 12.8 Å². The number of nitrogens with one attached hydrogen (secondary N) is 1. The molecular formula is C15H26N2O6. The topological polar surface area (TPSA) is 117 Å². The molecule has 1 aliphatic heterocycles. The van der Waals surface area contributed by atoms with Crippen LogP contribution in [0.15, 0.2) is 0 Å². The van der Waals surface area contributed by atoms with Gasteiger partial charge in [0.25, 0.3) is 0 Å². The average Bonchev–Trinajstić information content (AvgIpc) is 2.54. The van der Waals surface area contributed by atoms with Crippen LogP contribution in [0.25, 0.3) is 0 Å². The molecule has 3 atom stereocenters. The smallest absolute Gasteiger partial charge is 0.330 e. The molecule has 132 valence electrons. The van der Waals surface area contributed by atoms with E-state index in [2.05, 4.69) is 10.1 Å². The van der Waals surface area contributed by atoms with Crippen molar-refractivity contribution in [2.75, 3.05) is 33.5 Å². The van der Waals surface area contributed by atoms with Crippen molar-refractivity contribution >= 4 is 17.7 Å². The fourth-order valence-electron chi connectivity index (χ4n) is 2.08. The van der Waals surface area contributed by atoms with Gasteiger partial charge in [0.2, 0.25) is 5.91 Å². The predicted molar refractivity (Wildman–Crippen MR) is 81.6 cm³/mol. The van der Waals surface area contributed by atoms with Gasteiger partial charge in [0, 0.05) is 25.6 Å². The molecule has 1 aliphatic rings. The van der Waals surface area contributed by atoms with Gasteiger partial charge in [0.05, 0.1) is 26.4 Å². The summed E-state index contributed by atoms with van der Waals surface area (Å²) in [6.07, 6.45) is 1.49. The Morgan fingerprint density at radius 1 is 1.22 bits per heavy atom. The first kappa shape index (κ1) is 19.5. The summed E-state index contributed by atoms with van der Waals surface area (Å²) in [7, 11) is 1.24. The van der Waals surface area contributed by atoms with E-state index in [0.717, 1.165) is 12.8 Å². The first-order chi connectivity index (χ1) is 11.0. The number of nitrogens with two attached hydrogens (primary N) is 1. The fraction of sp³-hybridized carbons (Fsp3) is 0.800. The van der Waals surface area contributed by atoms with Crippen molar-refractivity contribution in [1.82, 2.24) is 5.32 Å². The number of rotatable bonds is 1. The first-order valence-corrected chi connectivity index (χ1v) is 7.77. The normalized spacial score (nSPS) is 29.1. The van der Waals surface area contributed by atoms with Gasteiger partial charge in [-0.25, -0.2) is 4.79 Å². The monoisotopic (exact) mass is 330 g/mol. The molecule has 0 aromatic heterocycles. The number of ether oxygens (including phenoxy) is 3. The van der Waals surface area contributed by atoms with Crippen LogP contribution in [0, 0.1) is 5.92 Å². The molecule has 1 rings (SSSR count). The molecular weight excluding hydrogens is 304 g/mol. The van der Waals surface area contributed by atoms with Crippen LogP contribution in [0.4, 0.5) is 0 Å². The number of carbonyl (C=O) groups excluding carboxylic acids is 3. The highest BCUT2D eigenvalue weighted by Crippen LogP contribution is 2.07. The Bertz CT molecular complexity index is 415. The van der Waals surface area contributed by atoms with Gasteiger partial charge in [0.1, 0.15) is 0 Å². The number of hydrogen-bond donors (Lipinski definition) is 2. The molecule has 0 radical (unpaired) electrons. The highest BCUT2D eigenvalue weighted by molar-refractivity contribution is 5.91. The Morgan fingerprint density at radius 3 is 2.43 bits per heavy atom.